The van der Waals surface area contributed by atoms with E-state index in [0.717, 1.165) is 5.56 Å². The van der Waals surface area contributed by atoms with Crippen LogP contribution in [-0.4, -0.2) is 16.3 Å². The molecule has 0 bridgehead atoms. The zero-order valence-electron chi connectivity index (χ0n) is 11.2. The Kier molecular flexibility index (Phi) is 4.62. The fraction of sp³-hybridized carbons (Fsp3) is 0.286. The van der Waals surface area contributed by atoms with Crippen molar-refractivity contribution in [3.8, 4) is 5.75 Å². The minimum atomic E-state index is -4.70. The summed E-state index contributed by atoms with van der Waals surface area (Å²) < 4.78 is 40.9. The summed E-state index contributed by atoms with van der Waals surface area (Å²) >= 11 is 0. The molecule has 0 spiro atoms. The maximum Gasteiger partial charge on any atom is 0.573 e. The van der Waals surface area contributed by atoms with Crippen molar-refractivity contribution >= 4 is 5.95 Å². The maximum atomic E-state index is 12.3. The van der Waals surface area contributed by atoms with Gasteiger partial charge in [-0.3, -0.25) is 0 Å². The molecule has 1 radical (unpaired) electrons. The van der Waals surface area contributed by atoms with Crippen LogP contribution in [0.25, 0.3) is 0 Å². The molecule has 0 amide bonds. The Hall–Kier alpha value is -2.31. The van der Waals surface area contributed by atoms with Gasteiger partial charge in [-0.25, -0.2) is 9.97 Å². The fourth-order valence-electron chi connectivity index (χ4n) is 1.76. The van der Waals surface area contributed by atoms with Crippen LogP contribution in [-0.2, 0) is 13.0 Å². The van der Waals surface area contributed by atoms with E-state index in [4.69, 9.17) is 0 Å². The van der Waals surface area contributed by atoms with E-state index in [1.54, 1.807) is 0 Å². The molecule has 1 N–H and O–H groups in total. The van der Waals surface area contributed by atoms with Gasteiger partial charge in [0.05, 0.1) is 0 Å². The predicted octanol–water partition coefficient (Wildman–Crippen LogP) is 3.35. The molecule has 0 aliphatic heterocycles. The quantitative estimate of drug-likeness (QED) is 0.919. The molecular weight excluding hydrogens is 283 g/mol. The SMILES string of the molecule is CCc1cc(CNc2nc[c]cn2)cc(OC(F)(F)F)c1. The molecule has 2 aromatic rings. The molecule has 0 aliphatic carbocycles. The topological polar surface area (TPSA) is 47.0 Å². The molecule has 1 heterocycles. The van der Waals surface area contributed by atoms with Crippen molar-refractivity contribution in [1.82, 2.24) is 9.97 Å². The molecule has 0 saturated heterocycles. The smallest absolute Gasteiger partial charge is 0.406 e. The zero-order valence-corrected chi connectivity index (χ0v) is 11.2. The van der Waals surface area contributed by atoms with Crippen molar-refractivity contribution in [1.29, 1.82) is 0 Å². The van der Waals surface area contributed by atoms with Crippen LogP contribution in [0.2, 0.25) is 0 Å². The van der Waals surface area contributed by atoms with Gasteiger partial charge in [0.15, 0.2) is 0 Å². The Morgan fingerprint density at radius 2 is 1.81 bits per heavy atom. The number of nitrogens with one attached hydrogen (secondary N) is 1. The number of aromatic nitrogens is 2. The molecule has 4 nitrogen and oxygen atoms in total. The van der Waals surface area contributed by atoms with Crippen molar-refractivity contribution < 1.29 is 17.9 Å². The summed E-state index contributed by atoms with van der Waals surface area (Å²) in [4.78, 5) is 7.86. The summed E-state index contributed by atoms with van der Waals surface area (Å²) in [6.45, 7) is 2.16. The molecule has 1 aromatic heterocycles. The first kappa shape index (κ1) is 15.1. The Balaban J connectivity index is 2.13. The summed E-state index contributed by atoms with van der Waals surface area (Å²) in [5.74, 6) is 0.162. The fourth-order valence-corrected chi connectivity index (χ4v) is 1.76. The lowest BCUT2D eigenvalue weighted by molar-refractivity contribution is -0.274. The van der Waals surface area contributed by atoms with Crippen LogP contribution in [0.5, 0.6) is 5.75 Å². The van der Waals surface area contributed by atoms with Gasteiger partial charge in [-0.2, -0.15) is 0 Å². The lowest BCUT2D eigenvalue weighted by Crippen LogP contribution is -2.17. The highest BCUT2D eigenvalue weighted by atomic mass is 19.4. The Labute approximate surface area is 120 Å². The van der Waals surface area contributed by atoms with Crippen LogP contribution in [0.4, 0.5) is 19.1 Å². The van der Waals surface area contributed by atoms with Gasteiger partial charge in [0.2, 0.25) is 5.95 Å². The second kappa shape index (κ2) is 6.43. The molecular formula is C14H13F3N3O. The number of nitrogens with zero attached hydrogens (tertiary/aromatic N) is 2. The van der Waals surface area contributed by atoms with Crippen molar-refractivity contribution in [3.63, 3.8) is 0 Å². The third-order valence-electron chi connectivity index (χ3n) is 2.64. The number of benzene rings is 1. The Bertz CT molecular complexity index is 588. The van der Waals surface area contributed by atoms with Crippen LogP contribution >= 0.6 is 0 Å². The molecule has 0 atom stereocenters. The first-order valence-electron chi connectivity index (χ1n) is 6.27. The lowest BCUT2D eigenvalue weighted by Gasteiger charge is -2.12. The zero-order chi connectivity index (χ0) is 15.3. The van der Waals surface area contributed by atoms with E-state index in [1.807, 2.05) is 13.0 Å². The van der Waals surface area contributed by atoms with Gasteiger partial charge >= 0.3 is 6.36 Å². The van der Waals surface area contributed by atoms with E-state index in [9.17, 15) is 13.2 Å². The van der Waals surface area contributed by atoms with Gasteiger partial charge in [-0.1, -0.05) is 13.0 Å². The molecule has 111 valence electrons. The van der Waals surface area contributed by atoms with Crippen LogP contribution in [0.3, 0.4) is 0 Å². The van der Waals surface area contributed by atoms with Gasteiger partial charge in [0.25, 0.3) is 0 Å². The summed E-state index contributed by atoms with van der Waals surface area (Å²) in [5, 5.41) is 2.92. The monoisotopic (exact) mass is 296 g/mol. The van der Waals surface area contributed by atoms with E-state index >= 15 is 0 Å². The molecule has 0 aliphatic rings. The van der Waals surface area contributed by atoms with E-state index in [-0.39, 0.29) is 5.75 Å². The lowest BCUT2D eigenvalue weighted by atomic mass is 10.1. The largest absolute Gasteiger partial charge is 0.573 e. The Morgan fingerprint density at radius 1 is 1.14 bits per heavy atom. The van der Waals surface area contributed by atoms with Crippen molar-refractivity contribution in [3.05, 3.63) is 47.8 Å². The van der Waals surface area contributed by atoms with Gasteiger partial charge < -0.3 is 10.1 Å². The van der Waals surface area contributed by atoms with E-state index in [1.165, 1.54) is 24.5 Å². The van der Waals surface area contributed by atoms with Crippen LogP contribution in [0, 0.1) is 6.07 Å². The molecule has 21 heavy (non-hydrogen) atoms. The normalized spacial score (nSPS) is 11.2. The highest BCUT2D eigenvalue weighted by molar-refractivity contribution is 5.37. The highest BCUT2D eigenvalue weighted by Gasteiger charge is 2.31. The van der Waals surface area contributed by atoms with Crippen LogP contribution in [0.15, 0.2) is 30.6 Å². The standard InChI is InChI=1S/C14H13F3N3O/c1-2-10-6-11(8-12(7-10)21-14(15,16)17)9-20-13-18-4-3-5-19-13/h4-8H,2,9H2,1H3,(H,18,19,20). The number of aryl methyl sites for hydroxylation is 1. The molecule has 0 fully saturated rings. The predicted molar refractivity (Wildman–Crippen MR) is 70.7 cm³/mol. The van der Waals surface area contributed by atoms with Crippen LogP contribution < -0.4 is 10.1 Å². The number of rotatable bonds is 5. The molecule has 0 unspecified atom stereocenters. The number of anilines is 1. The summed E-state index contributed by atoms with van der Waals surface area (Å²) in [7, 11) is 0. The van der Waals surface area contributed by atoms with Gasteiger partial charge in [-0.05, 0) is 29.7 Å². The summed E-state index contributed by atoms with van der Waals surface area (Å²) in [6.07, 6.45) is -1.18. The minimum Gasteiger partial charge on any atom is -0.406 e. The van der Waals surface area contributed by atoms with Gasteiger partial charge in [0.1, 0.15) is 5.75 Å². The molecule has 0 saturated carbocycles. The number of ether oxygens (including phenoxy) is 1. The number of hydrogen-bond donors (Lipinski definition) is 1. The molecule has 2 rings (SSSR count). The van der Waals surface area contributed by atoms with Crippen molar-refractivity contribution in [2.24, 2.45) is 0 Å². The number of alkyl halides is 3. The van der Waals surface area contributed by atoms with E-state index in [2.05, 4.69) is 26.1 Å². The van der Waals surface area contributed by atoms with Crippen molar-refractivity contribution in [2.75, 3.05) is 5.32 Å². The molecule has 1 aromatic carbocycles. The first-order valence-corrected chi connectivity index (χ1v) is 6.27. The second-order valence-corrected chi connectivity index (χ2v) is 4.25. The average Bonchev–Trinajstić information content (AvgIpc) is 2.44. The van der Waals surface area contributed by atoms with Gasteiger partial charge in [0, 0.05) is 25.0 Å². The third kappa shape index (κ3) is 4.94. The summed E-state index contributed by atoms with van der Waals surface area (Å²) in [6, 6.07) is 7.21. The first-order chi connectivity index (χ1) is 9.96. The van der Waals surface area contributed by atoms with Crippen LogP contribution in [0.1, 0.15) is 18.1 Å². The van der Waals surface area contributed by atoms with Crippen molar-refractivity contribution in [2.45, 2.75) is 26.3 Å². The maximum absolute atomic E-state index is 12.3. The van der Waals surface area contributed by atoms with E-state index in [0.29, 0.717) is 24.5 Å². The molecule has 7 heteroatoms. The summed E-state index contributed by atoms with van der Waals surface area (Å²) in [5.41, 5.74) is 1.42. The average molecular weight is 296 g/mol. The number of hydrogen-bond acceptors (Lipinski definition) is 4. The van der Waals surface area contributed by atoms with E-state index < -0.39 is 6.36 Å². The highest BCUT2D eigenvalue weighted by Crippen LogP contribution is 2.25. The minimum absolute atomic E-state index is 0.221. The number of halogens is 3. The second-order valence-electron chi connectivity index (χ2n) is 4.25. The van der Waals surface area contributed by atoms with Gasteiger partial charge in [-0.15, -0.1) is 13.2 Å². The Morgan fingerprint density at radius 3 is 2.43 bits per heavy atom. The third-order valence-corrected chi connectivity index (χ3v) is 2.64.